The molecule has 2 heterocycles. The molecule has 33 heavy (non-hydrogen) atoms. The van der Waals surface area contributed by atoms with Gasteiger partial charge in [0.2, 0.25) is 5.91 Å². The smallest absolute Gasteiger partial charge is 0.270 e. The van der Waals surface area contributed by atoms with Crippen LogP contribution in [0.5, 0.6) is 0 Å². The fourth-order valence-electron chi connectivity index (χ4n) is 4.01. The number of nitrogens with zero attached hydrogens (tertiary/aromatic N) is 3. The van der Waals surface area contributed by atoms with Crippen molar-refractivity contribution in [3.05, 3.63) is 58.9 Å². The first kappa shape index (κ1) is 24.3. The zero-order valence-corrected chi connectivity index (χ0v) is 19.0. The molecular weight excluding hydrogens is 425 g/mol. The first-order valence-electron chi connectivity index (χ1n) is 11.2. The maximum Gasteiger partial charge on any atom is 0.270 e. The van der Waals surface area contributed by atoms with Gasteiger partial charge < -0.3 is 15.9 Å². The molecule has 0 bridgehead atoms. The Bertz CT molecular complexity index is 1000. The third kappa shape index (κ3) is 7.34. The molecule has 2 aromatic rings. The lowest BCUT2D eigenvalue weighted by atomic mass is 9.83. The molecule has 2 aliphatic rings. The van der Waals surface area contributed by atoms with Gasteiger partial charge in [0.25, 0.3) is 5.91 Å². The predicted molar refractivity (Wildman–Crippen MR) is 122 cm³/mol. The van der Waals surface area contributed by atoms with Crippen LogP contribution in [0, 0.1) is 18.7 Å². The van der Waals surface area contributed by atoms with Crippen molar-refractivity contribution in [2.45, 2.75) is 65.0 Å². The molecule has 1 aromatic heterocycles. The van der Waals surface area contributed by atoms with Crippen LogP contribution in [0.3, 0.4) is 0 Å². The topological polar surface area (TPSA) is 120 Å². The van der Waals surface area contributed by atoms with Gasteiger partial charge in [-0.1, -0.05) is 36.6 Å². The molecule has 4 rings (SSSR count). The van der Waals surface area contributed by atoms with Crippen LogP contribution in [0.4, 0.5) is 4.39 Å². The van der Waals surface area contributed by atoms with Crippen LogP contribution in [-0.4, -0.2) is 33.6 Å². The number of benzene rings is 1. The van der Waals surface area contributed by atoms with E-state index < -0.39 is 0 Å². The normalized spacial score (nSPS) is 17.9. The van der Waals surface area contributed by atoms with E-state index in [4.69, 9.17) is 4.84 Å². The highest BCUT2D eigenvalue weighted by molar-refractivity contribution is 6.01. The Kier molecular flexibility index (Phi) is 8.46. The highest BCUT2D eigenvalue weighted by atomic mass is 19.1. The number of aryl methyl sites for hydroxylation is 1. The minimum atomic E-state index is -0.333. The lowest BCUT2D eigenvalue weighted by Gasteiger charge is -2.25. The number of amides is 2. The van der Waals surface area contributed by atoms with E-state index in [1.54, 1.807) is 25.1 Å². The summed E-state index contributed by atoms with van der Waals surface area (Å²) >= 11 is 0. The van der Waals surface area contributed by atoms with Crippen molar-refractivity contribution in [1.29, 1.82) is 0 Å². The summed E-state index contributed by atoms with van der Waals surface area (Å²) in [7, 11) is 0. The molecule has 0 radical (unpaired) electrons. The first-order valence-corrected chi connectivity index (χ1v) is 11.2. The quantitative estimate of drug-likeness (QED) is 0.716. The summed E-state index contributed by atoms with van der Waals surface area (Å²) in [5, 5.41) is 7.08. The van der Waals surface area contributed by atoms with Crippen LogP contribution in [0.15, 0.2) is 35.5 Å². The zero-order chi connectivity index (χ0) is 23.8. The summed E-state index contributed by atoms with van der Waals surface area (Å²) < 4.78 is 13.0. The van der Waals surface area contributed by atoms with Crippen LogP contribution >= 0.6 is 0 Å². The molecule has 2 amide bonds. The van der Waals surface area contributed by atoms with Gasteiger partial charge in [-0.2, -0.15) is 0 Å². The zero-order valence-electron chi connectivity index (χ0n) is 19.0. The second-order valence-corrected chi connectivity index (χ2v) is 8.39. The van der Waals surface area contributed by atoms with E-state index in [1.807, 2.05) is 0 Å². The van der Waals surface area contributed by atoms with Crippen LogP contribution in [0.2, 0.25) is 0 Å². The van der Waals surface area contributed by atoms with Crippen LogP contribution < -0.4 is 11.1 Å². The average molecular weight is 456 g/mol. The molecule has 176 valence electrons. The van der Waals surface area contributed by atoms with Gasteiger partial charge in [-0.25, -0.2) is 14.4 Å². The number of rotatable bonds is 5. The van der Waals surface area contributed by atoms with Crippen molar-refractivity contribution >= 4 is 17.5 Å². The van der Waals surface area contributed by atoms with Crippen molar-refractivity contribution in [3.63, 3.8) is 0 Å². The van der Waals surface area contributed by atoms with Crippen molar-refractivity contribution in [2.24, 2.45) is 16.8 Å². The van der Waals surface area contributed by atoms with Crippen LogP contribution in [0.25, 0.3) is 0 Å². The van der Waals surface area contributed by atoms with Crippen LogP contribution in [0.1, 0.15) is 73.0 Å². The Morgan fingerprint density at radius 2 is 1.82 bits per heavy atom. The van der Waals surface area contributed by atoms with Crippen molar-refractivity contribution in [1.82, 2.24) is 15.3 Å². The van der Waals surface area contributed by atoms with Gasteiger partial charge in [0.15, 0.2) is 0 Å². The number of aromatic nitrogens is 2. The third-order valence-corrected chi connectivity index (χ3v) is 5.60. The Morgan fingerprint density at radius 1 is 1.15 bits per heavy atom. The number of carbonyl (C=O) groups excluding carboxylic acids is 2. The van der Waals surface area contributed by atoms with E-state index in [9.17, 15) is 14.0 Å². The van der Waals surface area contributed by atoms with E-state index >= 15 is 0 Å². The molecule has 1 unspecified atom stereocenters. The molecular formula is C24H30FN5O3. The number of oxime groups is 1. The Hall–Kier alpha value is -3.36. The van der Waals surface area contributed by atoms with Gasteiger partial charge in [-0.3, -0.25) is 9.59 Å². The number of primary amides is 1. The van der Waals surface area contributed by atoms with Crippen molar-refractivity contribution < 1.29 is 18.8 Å². The summed E-state index contributed by atoms with van der Waals surface area (Å²) in [5.41, 5.74) is 6.99. The summed E-state index contributed by atoms with van der Waals surface area (Å²) in [6, 6.07) is 7.69. The SMILES string of the molecule is CC(N)=O.Cc1nc(C(=O)NCc2ccc(F)cc2)cc(C2=NOC(C3CCCCC3)C2)n1. The first-order chi connectivity index (χ1) is 15.8. The number of halogens is 1. The monoisotopic (exact) mass is 455 g/mol. The standard InChI is InChI=1S/C22H25FN4O2.C2H5NO/c1-14-25-18(19-12-21(29-27-19)16-5-3-2-4-6-16)11-20(26-14)22(28)24-13-15-7-9-17(23)10-8-15;1-2(3)4/h7-11,16,21H,2-6,12-13H2,1H3,(H,24,28);1H3,(H2,3,4). The lowest BCUT2D eigenvalue weighted by molar-refractivity contribution is -0.115. The highest BCUT2D eigenvalue weighted by Crippen LogP contribution is 2.32. The fourth-order valence-corrected chi connectivity index (χ4v) is 4.01. The third-order valence-electron chi connectivity index (χ3n) is 5.60. The van der Waals surface area contributed by atoms with Gasteiger partial charge in [0, 0.05) is 19.9 Å². The second kappa shape index (κ2) is 11.5. The minimum absolute atomic E-state index is 0.108. The lowest BCUT2D eigenvalue weighted by Crippen LogP contribution is -2.25. The van der Waals surface area contributed by atoms with E-state index in [2.05, 4.69) is 26.2 Å². The number of nitrogens with two attached hydrogens (primary N) is 1. The average Bonchev–Trinajstić information content (AvgIpc) is 3.29. The van der Waals surface area contributed by atoms with Gasteiger partial charge >= 0.3 is 0 Å². The van der Waals surface area contributed by atoms with E-state index in [0.29, 0.717) is 29.7 Å². The number of hydrogen-bond donors (Lipinski definition) is 2. The molecule has 1 atom stereocenters. The predicted octanol–water partition coefficient (Wildman–Crippen LogP) is 3.42. The molecule has 1 aromatic carbocycles. The minimum Gasteiger partial charge on any atom is -0.391 e. The maximum absolute atomic E-state index is 13.0. The molecule has 0 spiro atoms. The molecule has 8 nitrogen and oxygen atoms in total. The Labute approximate surface area is 192 Å². The maximum atomic E-state index is 13.0. The number of nitrogens with one attached hydrogen (secondary N) is 1. The molecule has 1 fully saturated rings. The fraction of sp³-hybridized carbons (Fsp3) is 0.458. The van der Waals surface area contributed by atoms with Gasteiger partial charge in [-0.15, -0.1) is 0 Å². The summed E-state index contributed by atoms with van der Waals surface area (Å²) in [5.74, 6) is 0.122. The molecule has 1 saturated carbocycles. The highest BCUT2D eigenvalue weighted by Gasteiger charge is 2.32. The van der Waals surface area contributed by atoms with E-state index in [1.165, 1.54) is 51.2 Å². The van der Waals surface area contributed by atoms with Gasteiger partial charge in [0.1, 0.15) is 29.2 Å². The Balaban J connectivity index is 0.000000709. The largest absolute Gasteiger partial charge is 0.391 e. The molecule has 9 heteroatoms. The van der Waals surface area contributed by atoms with Crippen LogP contribution in [-0.2, 0) is 16.2 Å². The van der Waals surface area contributed by atoms with E-state index in [-0.39, 0.29) is 23.7 Å². The van der Waals surface area contributed by atoms with Gasteiger partial charge in [-0.05, 0) is 49.4 Å². The number of carbonyl (C=O) groups is 2. The van der Waals surface area contributed by atoms with Gasteiger partial charge in [0.05, 0.1) is 5.69 Å². The molecule has 1 aliphatic heterocycles. The summed E-state index contributed by atoms with van der Waals surface area (Å²) in [6.45, 7) is 3.36. The Morgan fingerprint density at radius 3 is 2.48 bits per heavy atom. The molecule has 0 saturated heterocycles. The number of hydrogen-bond acceptors (Lipinski definition) is 6. The molecule has 3 N–H and O–H groups in total. The summed E-state index contributed by atoms with van der Waals surface area (Å²) in [4.78, 5) is 36.2. The van der Waals surface area contributed by atoms with Crippen molar-refractivity contribution in [2.75, 3.05) is 0 Å². The second-order valence-electron chi connectivity index (χ2n) is 8.39. The van der Waals surface area contributed by atoms with Crippen molar-refractivity contribution in [3.8, 4) is 0 Å². The summed E-state index contributed by atoms with van der Waals surface area (Å²) in [6.07, 6.45) is 7.02. The molecule has 1 aliphatic carbocycles. The van der Waals surface area contributed by atoms with E-state index in [0.717, 1.165) is 17.7 Å².